The first kappa shape index (κ1) is 8.14. The Kier molecular flexibility index (Phi) is 1.85. The van der Waals surface area contributed by atoms with Crippen molar-refractivity contribution in [3.63, 3.8) is 0 Å². The van der Waals surface area contributed by atoms with Crippen molar-refractivity contribution in [2.45, 2.75) is 6.10 Å². The van der Waals surface area contributed by atoms with Crippen LogP contribution >= 0.6 is 11.7 Å². The molecule has 0 amide bonds. The summed E-state index contributed by atoms with van der Waals surface area (Å²) in [5.74, 6) is 0.834. The lowest BCUT2D eigenvalue weighted by Crippen LogP contribution is -2.03. The predicted molar refractivity (Wildman–Crippen MR) is 52.7 cm³/mol. The summed E-state index contributed by atoms with van der Waals surface area (Å²) in [7, 11) is 0. The van der Waals surface area contributed by atoms with Crippen LogP contribution in [0.3, 0.4) is 0 Å². The van der Waals surface area contributed by atoms with Gasteiger partial charge in [-0.25, -0.2) is 0 Å². The molecule has 0 spiro atoms. The molecule has 1 aliphatic rings. The van der Waals surface area contributed by atoms with E-state index < -0.39 is 0 Å². The summed E-state index contributed by atoms with van der Waals surface area (Å²) in [6.07, 6.45) is 0.291. The fourth-order valence-corrected chi connectivity index (χ4v) is 1.72. The molecule has 4 nitrogen and oxygen atoms in total. The third-order valence-electron chi connectivity index (χ3n) is 2.06. The van der Waals surface area contributed by atoms with Gasteiger partial charge in [0.1, 0.15) is 29.5 Å². The largest absolute Gasteiger partial charge is 0.491 e. The molecule has 0 bridgehead atoms. The Balaban J connectivity index is 1.81. The molecule has 1 aromatic heterocycles. The fourth-order valence-electron chi connectivity index (χ4n) is 1.21. The number of ether oxygens (including phenoxy) is 2. The zero-order valence-corrected chi connectivity index (χ0v) is 8.16. The van der Waals surface area contributed by atoms with Crippen molar-refractivity contribution in [3.8, 4) is 5.75 Å². The summed E-state index contributed by atoms with van der Waals surface area (Å²) in [5, 5.41) is 0. The highest BCUT2D eigenvalue weighted by Crippen LogP contribution is 2.20. The van der Waals surface area contributed by atoms with Crippen molar-refractivity contribution in [2.75, 3.05) is 13.2 Å². The van der Waals surface area contributed by atoms with Gasteiger partial charge in [-0.05, 0) is 12.1 Å². The first-order chi connectivity index (χ1) is 6.92. The van der Waals surface area contributed by atoms with Crippen LogP contribution in [0.5, 0.6) is 5.75 Å². The maximum Gasteiger partial charge on any atom is 0.121 e. The van der Waals surface area contributed by atoms with Gasteiger partial charge in [0.05, 0.1) is 18.3 Å². The second-order valence-electron chi connectivity index (χ2n) is 3.18. The predicted octanol–water partition coefficient (Wildman–Crippen LogP) is 1.47. The van der Waals surface area contributed by atoms with Crippen LogP contribution in [0.4, 0.5) is 0 Å². The Labute approximate surface area is 84.8 Å². The minimum absolute atomic E-state index is 0.291. The van der Waals surface area contributed by atoms with Crippen molar-refractivity contribution >= 4 is 22.8 Å². The molecule has 2 heterocycles. The molecule has 1 atom stereocenters. The number of hydrogen-bond acceptors (Lipinski definition) is 5. The lowest BCUT2D eigenvalue weighted by molar-refractivity contribution is 0.263. The standard InChI is InChI=1S/C9H8N2O2S/c1-2-8-9(11-14-10-8)3-6(1)12-4-7-5-13-7/h1-3,7H,4-5H2. The van der Waals surface area contributed by atoms with Crippen molar-refractivity contribution in [3.05, 3.63) is 18.2 Å². The second kappa shape index (κ2) is 3.18. The van der Waals surface area contributed by atoms with Gasteiger partial charge < -0.3 is 9.47 Å². The molecule has 72 valence electrons. The van der Waals surface area contributed by atoms with E-state index in [0.29, 0.717) is 12.7 Å². The van der Waals surface area contributed by atoms with Crippen LogP contribution in [0, 0.1) is 0 Å². The fraction of sp³-hybridized carbons (Fsp3) is 0.333. The Morgan fingerprint density at radius 1 is 1.43 bits per heavy atom. The number of rotatable bonds is 3. The number of nitrogens with zero attached hydrogens (tertiary/aromatic N) is 2. The quantitative estimate of drug-likeness (QED) is 0.716. The molecule has 1 aromatic carbocycles. The molecule has 3 rings (SSSR count). The van der Waals surface area contributed by atoms with E-state index in [4.69, 9.17) is 9.47 Å². The molecular weight excluding hydrogens is 200 g/mol. The van der Waals surface area contributed by atoms with E-state index in [2.05, 4.69) is 8.75 Å². The highest BCUT2D eigenvalue weighted by molar-refractivity contribution is 7.00. The zero-order valence-electron chi connectivity index (χ0n) is 7.34. The lowest BCUT2D eigenvalue weighted by atomic mass is 10.3. The van der Waals surface area contributed by atoms with Gasteiger partial charge in [-0.3, -0.25) is 0 Å². The minimum Gasteiger partial charge on any atom is -0.491 e. The van der Waals surface area contributed by atoms with Gasteiger partial charge in [-0.2, -0.15) is 8.75 Å². The molecule has 1 unspecified atom stereocenters. The van der Waals surface area contributed by atoms with E-state index in [9.17, 15) is 0 Å². The summed E-state index contributed by atoms with van der Waals surface area (Å²) in [5.41, 5.74) is 1.81. The van der Waals surface area contributed by atoms with Crippen LogP contribution < -0.4 is 4.74 Å². The Morgan fingerprint density at radius 2 is 2.29 bits per heavy atom. The van der Waals surface area contributed by atoms with Crippen LogP contribution in [0.2, 0.25) is 0 Å². The van der Waals surface area contributed by atoms with Gasteiger partial charge in [0.25, 0.3) is 0 Å². The first-order valence-electron chi connectivity index (χ1n) is 4.38. The number of aromatic nitrogens is 2. The van der Waals surface area contributed by atoms with E-state index in [-0.39, 0.29) is 0 Å². The normalized spacial score (nSPS) is 19.9. The van der Waals surface area contributed by atoms with Gasteiger partial charge >= 0.3 is 0 Å². The molecule has 0 aliphatic carbocycles. The zero-order chi connectivity index (χ0) is 9.38. The molecule has 14 heavy (non-hydrogen) atoms. The SMILES string of the molecule is c1cc2nsnc2cc1OCC1CO1. The van der Waals surface area contributed by atoms with Crippen LogP contribution in [0.25, 0.3) is 11.0 Å². The van der Waals surface area contributed by atoms with E-state index in [0.717, 1.165) is 23.4 Å². The number of hydrogen-bond donors (Lipinski definition) is 0. The Hall–Kier alpha value is -1.20. The number of benzene rings is 1. The summed E-state index contributed by atoms with van der Waals surface area (Å²) >= 11 is 1.22. The second-order valence-corrected chi connectivity index (χ2v) is 3.71. The first-order valence-corrected chi connectivity index (χ1v) is 5.11. The van der Waals surface area contributed by atoms with Gasteiger partial charge in [-0.1, -0.05) is 0 Å². The van der Waals surface area contributed by atoms with Crippen molar-refractivity contribution in [1.29, 1.82) is 0 Å². The maximum absolute atomic E-state index is 5.52. The van der Waals surface area contributed by atoms with Gasteiger partial charge in [0.2, 0.25) is 0 Å². The average Bonchev–Trinajstić information content (AvgIpc) is 2.92. The van der Waals surface area contributed by atoms with E-state index in [1.54, 1.807) is 0 Å². The van der Waals surface area contributed by atoms with Gasteiger partial charge in [0, 0.05) is 6.07 Å². The molecule has 5 heteroatoms. The highest BCUT2D eigenvalue weighted by atomic mass is 32.1. The van der Waals surface area contributed by atoms with Gasteiger partial charge in [0.15, 0.2) is 0 Å². The van der Waals surface area contributed by atoms with Crippen LogP contribution in [-0.4, -0.2) is 28.1 Å². The minimum atomic E-state index is 0.291. The molecule has 1 fully saturated rings. The summed E-state index contributed by atoms with van der Waals surface area (Å²) in [6, 6.07) is 5.73. The third-order valence-corrected chi connectivity index (χ3v) is 2.62. The summed E-state index contributed by atoms with van der Waals surface area (Å²) < 4.78 is 18.8. The number of epoxide rings is 1. The molecular formula is C9H8N2O2S. The van der Waals surface area contributed by atoms with Gasteiger partial charge in [-0.15, -0.1) is 0 Å². The molecule has 2 aromatic rings. The molecule has 0 radical (unpaired) electrons. The molecule has 0 N–H and O–H groups in total. The Bertz CT molecular complexity index is 453. The average molecular weight is 208 g/mol. The smallest absolute Gasteiger partial charge is 0.121 e. The van der Waals surface area contributed by atoms with Crippen molar-refractivity contribution < 1.29 is 9.47 Å². The van der Waals surface area contributed by atoms with Crippen LogP contribution in [0.15, 0.2) is 18.2 Å². The molecule has 1 aliphatic heterocycles. The van der Waals surface area contributed by atoms with E-state index in [1.165, 1.54) is 11.7 Å². The number of fused-ring (bicyclic) bond motifs is 1. The Morgan fingerprint density at radius 3 is 3.14 bits per heavy atom. The molecule has 0 saturated carbocycles. The maximum atomic E-state index is 5.52. The monoisotopic (exact) mass is 208 g/mol. The van der Waals surface area contributed by atoms with Crippen molar-refractivity contribution in [2.24, 2.45) is 0 Å². The van der Waals surface area contributed by atoms with Crippen molar-refractivity contribution in [1.82, 2.24) is 8.75 Å². The molecule has 1 saturated heterocycles. The van der Waals surface area contributed by atoms with E-state index in [1.807, 2.05) is 18.2 Å². The summed E-state index contributed by atoms with van der Waals surface area (Å²) in [4.78, 5) is 0. The third kappa shape index (κ3) is 1.56. The van der Waals surface area contributed by atoms with Crippen LogP contribution in [0.1, 0.15) is 0 Å². The highest BCUT2D eigenvalue weighted by Gasteiger charge is 2.23. The van der Waals surface area contributed by atoms with Crippen LogP contribution in [-0.2, 0) is 4.74 Å². The topological polar surface area (TPSA) is 47.5 Å². The summed E-state index contributed by atoms with van der Waals surface area (Å²) in [6.45, 7) is 1.45. The van der Waals surface area contributed by atoms with E-state index >= 15 is 0 Å². The lowest BCUT2D eigenvalue weighted by Gasteiger charge is -2.02.